The maximum absolute atomic E-state index is 12.6. The van der Waals surface area contributed by atoms with Gasteiger partial charge in [-0.1, -0.05) is 31.2 Å². The van der Waals surface area contributed by atoms with Crippen molar-refractivity contribution in [1.29, 1.82) is 0 Å². The zero-order chi connectivity index (χ0) is 14.5. The lowest BCUT2D eigenvalue weighted by Crippen LogP contribution is -2.48. The highest BCUT2D eigenvalue weighted by Crippen LogP contribution is 2.21. The number of likely N-dealkylation sites (N-methyl/N-ethyl adjacent to an activating group) is 1. The standard InChI is InChI=1S/C17H26N2O/c1-4-14-7-9-15(10-8-14)13(2)17(20)19-11-5-6-16(12-19)18-3/h7-10,13,16,18H,4-6,11-12H2,1-3H3. The van der Waals surface area contributed by atoms with E-state index in [2.05, 4.69) is 36.5 Å². The minimum absolute atomic E-state index is 0.0449. The molecule has 20 heavy (non-hydrogen) atoms. The fourth-order valence-corrected chi connectivity index (χ4v) is 2.87. The highest BCUT2D eigenvalue weighted by Gasteiger charge is 2.26. The predicted molar refractivity (Wildman–Crippen MR) is 82.9 cm³/mol. The number of piperidine rings is 1. The van der Waals surface area contributed by atoms with Crippen molar-refractivity contribution < 1.29 is 4.79 Å². The van der Waals surface area contributed by atoms with Gasteiger partial charge >= 0.3 is 0 Å². The molecule has 1 aromatic carbocycles. The number of aryl methyl sites for hydroxylation is 1. The molecule has 0 bridgehead atoms. The Morgan fingerprint density at radius 1 is 1.40 bits per heavy atom. The SMILES string of the molecule is CCc1ccc(C(C)C(=O)N2CCCC(NC)C2)cc1. The Hall–Kier alpha value is -1.35. The Bertz CT molecular complexity index is 441. The minimum Gasteiger partial charge on any atom is -0.341 e. The van der Waals surface area contributed by atoms with Crippen LogP contribution in [-0.4, -0.2) is 37.0 Å². The summed E-state index contributed by atoms with van der Waals surface area (Å²) in [5, 5.41) is 3.29. The Labute approximate surface area is 122 Å². The van der Waals surface area contributed by atoms with Crippen molar-refractivity contribution in [1.82, 2.24) is 10.2 Å². The lowest BCUT2D eigenvalue weighted by molar-refractivity contribution is -0.133. The number of carbonyl (C=O) groups is 1. The van der Waals surface area contributed by atoms with Crippen LogP contribution in [-0.2, 0) is 11.2 Å². The second-order valence-electron chi connectivity index (χ2n) is 5.73. The Kier molecular flexibility index (Phi) is 5.18. The first-order valence-corrected chi connectivity index (χ1v) is 7.70. The molecule has 0 aliphatic carbocycles. The molecule has 1 amide bonds. The van der Waals surface area contributed by atoms with Crippen LogP contribution in [0.5, 0.6) is 0 Å². The number of rotatable bonds is 4. The van der Waals surface area contributed by atoms with Crippen molar-refractivity contribution in [2.75, 3.05) is 20.1 Å². The van der Waals surface area contributed by atoms with E-state index in [0.29, 0.717) is 6.04 Å². The number of benzene rings is 1. The summed E-state index contributed by atoms with van der Waals surface area (Å²) < 4.78 is 0. The monoisotopic (exact) mass is 274 g/mol. The molecule has 1 heterocycles. The molecule has 1 aliphatic rings. The number of likely N-dealkylation sites (tertiary alicyclic amines) is 1. The van der Waals surface area contributed by atoms with Gasteiger partial charge in [-0.15, -0.1) is 0 Å². The Morgan fingerprint density at radius 3 is 2.70 bits per heavy atom. The first-order valence-electron chi connectivity index (χ1n) is 7.70. The van der Waals surface area contributed by atoms with E-state index in [9.17, 15) is 4.79 Å². The molecule has 1 N–H and O–H groups in total. The van der Waals surface area contributed by atoms with Gasteiger partial charge in [-0.2, -0.15) is 0 Å². The molecule has 2 rings (SSSR count). The molecule has 0 aromatic heterocycles. The zero-order valence-electron chi connectivity index (χ0n) is 12.9. The van der Waals surface area contributed by atoms with Crippen LogP contribution >= 0.6 is 0 Å². The molecule has 1 saturated heterocycles. The quantitative estimate of drug-likeness (QED) is 0.915. The average Bonchev–Trinajstić information content (AvgIpc) is 2.53. The van der Waals surface area contributed by atoms with Gasteiger partial charge in [0.05, 0.1) is 5.92 Å². The van der Waals surface area contributed by atoms with Gasteiger partial charge in [0.15, 0.2) is 0 Å². The van der Waals surface area contributed by atoms with Crippen LogP contribution in [0.25, 0.3) is 0 Å². The zero-order valence-corrected chi connectivity index (χ0v) is 12.9. The molecule has 3 heteroatoms. The van der Waals surface area contributed by atoms with Crippen LogP contribution in [0.2, 0.25) is 0 Å². The first-order chi connectivity index (χ1) is 9.65. The molecule has 2 atom stereocenters. The summed E-state index contributed by atoms with van der Waals surface area (Å²) in [6.07, 6.45) is 3.30. The second kappa shape index (κ2) is 6.89. The van der Waals surface area contributed by atoms with E-state index >= 15 is 0 Å². The van der Waals surface area contributed by atoms with E-state index < -0.39 is 0 Å². The summed E-state index contributed by atoms with van der Waals surface area (Å²) in [5.74, 6) is 0.214. The molecule has 3 nitrogen and oxygen atoms in total. The van der Waals surface area contributed by atoms with Gasteiger partial charge in [-0.25, -0.2) is 0 Å². The number of carbonyl (C=O) groups excluding carboxylic acids is 1. The van der Waals surface area contributed by atoms with Crippen molar-refractivity contribution in [2.45, 2.75) is 45.1 Å². The number of nitrogens with zero attached hydrogens (tertiary/aromatic N) is 1. The van der Waals surface area contributed by atoms with Crippen LogP contribution in [0.4, 0.5) is 0 Å². The van der Waals surface area contributed by atoms with E-state index in [1.807, 2.05) is 18.9 Å². The lowest BCUT2D eigenvalue weighted by Gasteiger charge is -2.34. The smallest absolute Gasteiger partial charge is 0.229 e. The third kappa shape index (κ3) is 3.40. The lowest BCUT2D eigenvalue weighted by atomic mass is 9.96. The fraction of sp³-hybridized carbons (Fsp3) is 0.588. The van der Waals surface area contributed by atoms with Gasteiger partial charge in [-0.05, 0) is 44.4 Å². The molecule has 1 fully saturated rings. The van der Waals surface area contributed by atoms with Crippen molar-refractivity contribution in [3.63, 3.8) is 0 Å². The number of hydrogen-bond donors (Lipinski definition) is 1. The number of hydrogen-bond acceptors (Lipinski definition) is 2. The number of nitrogens with one attached hydrogen (secondary N) is 1. The van der Waals surface area contributed by atoms with Crippen LogP contribution in [0.3, 0.4) is 0 Å². The Morgan fingerprint density at radius 2 is 2.10 bits per heavy atom. The molecule has 0 radical (unpaired) electrons. The topological polar surface area (TPSA) is 32.3 Å². The average molecular weight is 274 g/mol. The molecule has 110 valence electrons. The third-order valence-electron chi connectivity index (χ3n) is 4.40. The van der Waals surface area contributed by atoms with Gasteiger partial charge in [0.2, 0.25) is 5.91 Å². The van der Waals surface area contributed by atoms with E-state index in [-0.39, 0.29) is 11.8 Å². The molecule has 2 unspecified atom stereocenters. The normalized spacial score (nSPS) is 20.8. The van der Waals surface area contributed by atoms with Gasteiger partial charge in [0, 0.05) is 19.1 Å². The van der Waals surface area contributed by atoms with Crippen LogP contribution < -0.4 is 5.32 Å². The molecule has 0 saturated carbocycles. The van der Waals surface area contributed by atoms with E-state index in [1.54, 1.807) is 0 Å². The molecule has 1 aliphatic heterocycles. The molecule has 0 spiro atoms. The van der Waals surface area contributed by atoms with Gasteiger partial charge in [0.1, 0.15) is 0 Å². The van der Waals surface area contributed by atoms with Crippen LogP contribution in [0.15, 0.2) is 24.3 Å². The maximum atomic E-state index is 12.6. The van der Waals surface area contributed by atoms with Crippen molar-refractivity contribution >= 4 is 5.91 Å². The largest absolute Gasteiger partial charge is 0.341 e. The van der Waals surface area contributed by atoms with Crippen LogP contribution in [0, 0.1) is 0 Å². The van der Waals surface area contributed by atoms with Gasteiger partial charge in [0.25, 0.3) is 0 Å². The highest BCUT2D eigenvalue weighted by atomic mass is 16.2. The maximum Gasteiger partial charge on any atom is 0.229 e. The van der Waals surface area contributed by atoms with Crippen molar-refractivity contribution in [2.24, 2.45) is 0 Å². The van der Waals surface area contributed by atoms with Crippen LogP contribution in [0.1, 0.15) is 43.7 Å². The summed E-state index contributed by atoms with van der Waals surface area (Å²) in [6, 6.07) is 8.90. The third-order valence-corrected chi connectivity index (χ3v) is 4.40. The molecular formula is C17H26N2O. The first kappa shape index (κ1) is 15.0. The predicted octanol–water partition coefficient (Wildman–Crippen LogP) is 2.56. The highest BCUT2D eigenvalue weighted by molar-refractivity contribution is 5.83. The van der Waals surface area contributed by atoms with E-state index in [0.717, 1.165) is 31.5 Å². The number of amides is 1. The summed E-state index contributed by atoms with van der Waals surface area (Å²) in [5.41, 5.74) is 2.44. The van der Waals surface area contributed by atoms with E-state index in [4.69, 9.17) is 0 Å². The fourth-order valence-electron chi connectivity index (χ4n) is 2.87. The summed E-state index contributed by atoms with van der Waals surface area (Å²) in [4.78, 5) is 14.6. The summed E-state index contributed by atoms with van der Waals surface area (Å²) in [7, 11) is 1.98. The molecule has 1 aromatic rings. The van der Waals surface area contributed by atoms with Crippen molar-refractivity contribution in [3.8, 4) is 0 Å². The van der Waals surface area contributed by atoms with E-state index in [1.165, 1.54) is 12.0 Å². The Balaban J connectivity index is 2.03. The summed E-state index contributed by atoms with van der Waals surface area (Å²) in [6.45, 7) is 5.91. The minimum atomic E-state index is -0.0449. The van der Waals surface area contributed by atoms with Gasteiger partial charge in [-0.3, -0.25) is 4.79 Å². The van der Waals surface area contributed by atoms with Crippen molar-refractivity contribution in [3.05, 3.63) is 35.4 Å². The molecular weight excluding hydrogens is 248 g/mol. The second-order valence-corrected chi connectivity index (χ2v) is 5.73. The summed E-state index contributed by atoms with van der Waals surface area (Å²) >= 11 is 0. The van der Waals surface area contributed by atoms with Gasteiger partial charge < -0.3 is 10.2 Å².